The van der Waals surface area contributed by atoms with Gasteiger partial charge < -0.3 is 15.5 Å². The first-order valence-corrected chi connectivity index (χ1v) is 11.1. The average molecular weight is 419 g/mol. The van der Waals surface area contributed by atoms with Crippen LogP contribution in [-0.4, -0.2) is 48.1 Å². The Morgan fingerprint density at radius 1 is 1.41 bits per heavy atom. The molecule has 1 aliphatic heterocycles. The van der Waals surface area contributed by atoms with E-state index >= 15 is 0 Å². The molecule has 3 heterocycles. The Balaban J connectivity index is 1.54. The lowest BCUT2D eigenvalue weighted by Crippen LogP contribution is -2.44. The molecular weight excluding hydrogens is 387 g/mol. The van der Waals surface area contributed by atoms with Crippen LogP contribution in [0, 0.1) is 5.82 Å². The van der Waals surface area contributed by atoms with Crippen LogP contribution in [0.1, 0.15) is 44.8 Å². The predicted molar refractivity (Wildman–Crippen MR) is 118 cm³/mol. The van der Waals surface area contributed by atoms with Gasteiger partial charge in [0.1, 0.15) is 0 Å². The summed E-state index contributed by atoms with van der Waals surface area (Å²) in [5.41, 5.74) is 1.22. The standard InChI is InChI=1S/C21H31FN6S/c1-5-23-20(25-11-8-18-27-17(14-29-18)21(2,3)4)26-15-9-12-28(13-15)19-16(22)7-6-10-24-19/h6-7,10,14-15H,5,8-9,11-13H2,1-4H3,(H2,23,25,26). The predicted octanol–water partition coefficient (Wildman–Crippen LogP) is 3.35. The van der Waals surface area contributed by atoms with Crippen molar-refractivity contribution in [2.75, 3.05) is 31.1 Å². The van der Waals surface area contributed by atoms with Crippen molar-refractivity contribution in [3.63, 3.8) is 0 Å². The normalized spacial score (nSPS) is 17.6. The first-order valence-electron chi connectivity index (χ1n) is 10.2. The van der Waals surface area contributed by atoms with Crippen LogP contribution in [0.3, 0.4) is 0 Å². The number of rotatable bonds is 6. The molecular formula is C21H31FN6S. The van der Waals surface area contributed by atoms with Crippen molar-refractivity contribution in [1.29, 1.82) is 0 Å². The second kappa shape index (κ2) is 9.52. The number of aliphatic imine (C=N–C) groups is 1. The third-order valence-electron chi connectivity index (χ3n) is 4.83. The monoisotopic (exact) mass is 418 g/mol. The fraction of sp³-hybridized carbons (Fsp3) is 0.571. The number of halogens is 1. The highest BCUT2D eigenvalue weighted by molar-refractivity contribution is 7.09. The molecule has 2 aromatic rings. The summed E-state index contributed by atoms with van der Waals surface area (Å²) in [6.45, 7) is 11.5. The van der Waals surface area contributed by atoms with Gasteiger partial charge in [-0.3, -0.25) is 4.99 Å². The van der Waals surface area contributed by atoms with Crippen LogP contribution < -0.4 is 15.5 Å². The molecule has 158 valence electrons. The number of nitrogens with one attached hydrogen (secondary N) is 2. The topological polar surface area (TPSA) is 65.4 Å². The first kappa shape index (κ1) is 21.5. The van der Waals surface area contributed by atoms with Crippen molar-refractivity contribution in [1.82, 2.24) is 20.6 Å². The minimum atomic E-state index is -0.271. The molecule has 0 radical (unpaired) electrons. The maximum atomic E-state index is 14.0. The zero-order valence-electron chi connectivity index (χ0n) is 17.7. The molecule has 0 aromatic carbocycles. The number of hydrogen-bond donors (Lipinski definition) is 2. The molecule has 0 amide bonds. The van der Waals surface area contributed by atoms with E-state index in [4.69, 9.17) is 9.98 Å². The van der Waals surface area contributed by atoms with Gasteiger partial charge in [-0.15, -0.1) is 11.3 Å². The van der Waals surface area contributed by atoms with Crippen LogP contribution >= 0.6 is 11.3 Å². The highest BCUT2D eigenvalue weighted by Gasteiger charge is 2.26. The zero-order chi connectivity index (χ0) is 20.9. The van der Waals surface area contributed by atoms with E-state index in [1.165, 1.54) is 6.07 Å². The van der Waals surface area contributed by atoms with Crippen LogP contribution in [0.25, 0.3) is 0 Å². The number of pyridine rings is 1. The van der Waals surface area contributed by atoms with Crippen molar-refractivity contribution < 1.29 is 4.39 Å². The van der Waals surface area contributed by atoms with Gasteiger partial charge in [0.05, 0.1) is 10.7 Å². The van der Waals surface area contributed by atoms with E-state index < -0.39 is 0 Å². The smallest absolute Gasteiger partial charge is 0.191 e. The highest BCUT2D eigenvalue weighted by Crippen LogP contribution is 2.24. The zero-order valence-corrected chi connectivity index (χ0v) is 18.5. The Morgan fingerprint density at radius 3 is 2.93 bits per heavy atom. The third kappa shape index (κ3) is 5.88. The third-order valence-corrected chi connectivity index (χ3v) is 5.74. The number of thiazole rings is 1. The van der Waals surface area contributed by atoms with Gasteiger partial charge in [-0.05, 0) is 25.5 Å². The quantitative estimate of drug-likeness (QED) is 0.556. The van der Waals surface area contributed by atoms with Gasteiger partial charge in [0.25, 0.3) is 0 Å². The van der Waals surface area contributed by atoms with E-state index in [9.17, 15) is 4.39 Å². The molecule has 0 bridgehead atoms. The Bertz CT molecular complexity index is 829. The lowest BCUT2D eigenvalue weighted by Gasteiger charge is -2.19. The summed E-state index contributed by atoms with van der Waals surface area (Å²) in [6, 6.07) is 3.28. The number of hydrogen-bond acceptors (Lipinski definition) is 5. The van der Waals surface area contributed by atoms with Gasteiger partial charge in [0, 0.05) is 55.6 Å². The van der Waals surface area contributed by atoms with Crippen LogP contribution in [0.15, 0.2) is 28.7 Å². The van der Waals surface area contributed by atoms with Crippen LogP contribution in [-0.2, 0) is 11.8 Å². The Hall–Kier alpha value is -2.22. The number of aromatic nitrogens is 2. The van der Waals surface area contributed by atoms with E-state index in [-0.39, 0.29) is 17.3 Å². The van der Waals surface area contributed by atoms with Gasteiger partial charge in [-0.2, -0.15) is 0 Å². The molecule has 2 aromatic heterocycles. The van der Waals surface area contributed by atoms with Gasteiger partial charge in [0.15, 0.2) is 17.6 Å². The van der Waals surface area contributed by atoms with Gasteiger partial charge >= 0.3 is 0 Å². The summed E-state index contributed by atoms with van der Waals surface area (Å²) < 4.78 is 14.0. The van der Waals surface area contributed by atoms with E-state index in [2.05, 4.69) is 48.7 Å². The maximum Gasteiger partial charge on any atom is 0.191 e. The van der Waals surface area contributed by atoms with Crippen molar-refractivity contribution in [2.45, 2.75) is 52.0 Å². The van der Waals surface area contributed by atoms with E-state index in [1.807, 2.05) is 4.90 Å². The molecule has 0 saturated carbocycles. The fourth-order valence-electron chi connectivity index (χ4n) is 3.23. The minimum Gasteiger partial charge on any atom is -0.357 e. The SMILES string of the molecule is CCNC(=NCCc1nc(C(C)(C)C)cs1)NC1CCN(c2ncccc2F)C1. The summed E-state index contributed by atoms with van der Waals surface area (Å²) in [5, 5.41) is 10.0. The second-order valence-electron chi connectivity index (χ2n) is 8.27. The Morgan fingerprint density at radius 2 is 2.24 bits per heavy atom. The molecule has 1 saturated heterocycles. The largest absolute Gasteiger partial charge is 0.357 e. The van der Waals surface area contributed by atoms with Crippen molar-refractivity contribution in [2.24, 2.45) is 4.99 Å². The number of nitrogens with zero attached hydrogens (tertiary/aromatic N) is 4. The molecule has 1 unspecified atom stereocenters. The van der Waals surface area contributed by atoms with Crippen LogP contribution in [0.2, 0.25) is 0 Å². The molecule has 1 aliphatic rings. The fourth-order valence-corrected chi connectivity index (χ4v) is 4.24. The van der Waals surface area contributed by atoms with Crippen LogP contribution in [0.5, 0.6) is 0 Å². The molecule has 0 aliphatic carbocycles. The number of guanidine groups is 1. The summed E-state index contributed by atoms with van der Waals surface area (Å²) >= 11 is 1.70. The maximum absolute atomic E-state index is 14.0. The van der Waals surface area contributed by atoms with Crippen molar-refractivity contribution in [3.8, 4) is 0 Å². The van der Waals surface area contributed by atoms with Gasteiger partial charge in [0.2, 0.25) is 0 Å². The minimum absolute atomic E-state index is 0.0793. The molecule has 0 spiro atoms. The highest BCUT2D eigenvalue weighted by atomic mass is 32.1. The molecule has 2 N–H and O–H groups in total. The van der Waals surface area contributed by atoms with Crippen molar-refractivity contribution in [3.05, 3.63) is 40.2 Å². The Kier molecular flexibility index (Phi) is 7.05. The lowest BCUT2D eigenvalue weighted by molar-refractivity contribution is 0.571. The van der Waals surface area contributed by atoms with E-state index in [0.29, 0.717) is 18.9 Å². The van der Waals surface area contributed by atoms with Crippen LogP contribution in [0.4, 0.5) is 10.2 Å². The summed E-state index contributed by atoms with van der Waals surface area (Å²) in [4.78, 5) is 15.6. The first-order chi connectivity index (χ1) is 13.9. The summed E-state index contributed by atoms with van der Waals surface area (Å²) in [7, 11) is 0. The second-order valence-corrected chi connectivity index (χ2v) is 9.21. The van der Waals surface area contributed by atoms with E-state index in [1.54, 1.807) is 23.6 Å². The van der Waals surface area contributed by atoms with Gasteiger partial charge in [-0.25, -0.2) is 14.4 Å². The Labute approximate surface area is 176 Å². The molecule has 6 nitrogen and oxygen atoms in total. The van der Waals surface area contributed by atoms with Gasteiger partial charge in [-0.1, -0.05) is 20.8 Å². The molecule has 8 heteroatoms. The van der Waals surface area contributed by atoms with Crippen molar-refractivity contribution >= 4 is 23.1 Å². The molecule has 1 atom stereocenters. The lowest BCUT2D eigenvalue weighted by atomic mass is 9.93. The average Bonchev–Trinajstić information content (AvgIpc) is 3.32. The molecule has 29 heavy (non-hydrogen) atoms. The molecule has 1 fully saturated rings. The molecule has 3 rings (SSSR count). The summed E-state index contributed by atoms with van der Waals surface area (Å²) in [5.74, 6) is 0.956. The number of anilines is 1. The van der Waals surface area contributed by atoms with E-state index in [0.717, 1.165) is 42.6 Å². The summed E-state index contributed by atoms with van der Waals surface area (Å²) in [6.07, 6.45) is 3.38.